The van der Waals surface area contributed by atoms with E-state index in [1.807, 2.05) is 0 Å². The molecule has 2 aromatic carbocycles. The van der Waals surface area contributed by atoms with E-state index in [0.717, 1.165) is 23.7 Å². The van der Waals surface area contributed by atoms with Gasteiger partial charge in [0.25, 0.3) is 0 Å². The van der Waals surface area contributed by atoms with Gasteiger partial charge in [-0.15, -0.1) is 0 Å². The molecule has 1 atom stereocenters. The van der Waals surface area contributed by atoms with Crippen molar-refractivity contribution in [2.45, 2.75) is 38.5 Å². The third-order valence-corrected chi connectivity index (χ3v) is 4.17. The van der Waals surface area contributed by atoms with Crippen molar-refractivity contribution in [3.05, 3.63) is 46.4 Å². The van der Waals surface area contributed by atoms with Gasteiger partial charge in [-0.3, -0.25) is 0 Å². The van der Waals surface area contributed by atoms with Crippen LogP contribution in [0.3, 0.4) is 0 Å². The van der Waals surface area contributed by atoms with E-state index < -0.39 is 0 Å². The van der Waals surface area contributed by atoms with Crippen molar-refractivity contribution < 1.29 is 5.11 Å². The summed E-state index contributed by atoms with van der Waals surface area (Å²) in [6, 6.07) is 13.1. The molecular formula is C17H20BrO. The van der Waals surface area contributed by atoms with E-state index in [0.29, 0.717) is 5.92 Å². The number of fused-ring (bicyclic) bond motifs is 1. The molecule has 2 rings (SSSR count). The Balaban J connectivity index is 2.05. The minimum absolute atomic E-state index is 0.0687. The van der Waals surface area contributed by atoms with Gasteiger partial charge in [-0.25, -0.2) is 5.11 Å². The van der Waals surface area contributed by atoms with Crippen LogP contribution in [-0.2, 0) is 5.11 Å². The maximum Gasteiger partial charge on any atom is 0.0822 e. The molecule has 0 aromatic heterocycles. The summed E-state index contributed by atoms with van der Waals surface area (Å²) in [6.07, 6.45) is 4.21. The molecule has 0 aliphatic rings. The van der Waals surface area contributed by atoms with Crippen LogP contribution in [0.15, 0.2) is 40.9 Å². The van der Waals surface area contributed by atoms with Crippen molar-refractivity contribution >= 4 is 26.7 Å². The lowest BCUT2D eigenvalue weighted by atomic mass is 9.93. The van der Waals surface area contributed by atoms with Crippen molar-refractivity contribution in [2.75, 3.05) is 6.61 Å². The monoisotopic (exact) mass is 319 g/mol. The summed E-state index contributed by atoms with van der Waals surface area (Å²) in [5.74, 6) is 0.569. The minimum Gasteiger partial charge on any atom is -0.237 e. The van der Waals surface area contributed by atoms with Gasteiger partial charge in [0, 0.05) is 4.47 Å². The first-order valence-corrected chi connectivity index (χ1v) is 7.77. The Hall–Kier alpha value is -0.860. The summed E-state index contributed by atoms with van der Waals surface area (Å²) < 4.78 is 1.12. The van der Waals surface area contributed by atoms with Gasteiger partial charge < -0.3 is 0 Å². The normalized spacial score (nSPS) is 12.8. The Morgan fingerprint density at radius 3 is 2.53 bits per heavy atom. The third-order valence-electron chi connectivity index (χ3n) is 3.68. The quantitative estimate of drug-likeness (QED) is 0.609. The zero-order valence-electron chi connectivity index (χ0n) is 11.4. The van der Waals surface area contributed by atoms with Gasteiger partial charge in [-0.1, -0.05) is 60.0 Å². The van der Waals surface area contributed by atoms with Crippen LogP contribution in [0.5, 0.6) is 0 Å². The molecule has 0 bridgehead atoms. The molecule has 0 heterocycles. The van der Waals surface area contributed by atoms with Crippen LogP contribution < -0.4 is 0 Å². The second-order valence-corrected chi connectivity index (χ2v) is 6.12. The first-order valence-electron chi connectivity index (χ1n) is 6.98. The van der Waals surface area contributed by atoms with E-state index >= 15 is 0 Å². The van der Waals surface area contributed by atoms with Gasteiger partial charge in [-0.05, 0) is 47.2 Å². The highest BCUT2D eigenvalue weighted by Crippen LogP contribution is 2.27. The number of benzene rings is 2. The van der Waals surface area contributed by atoms with Crippen LogP contribution in [0.25, 0.3) is 10.8 Å². The van der Waals surface area contributed by atoms with Crippen LogP contribution in [-0.4, -0.2) is 6.61 Å². The average Bonchev–Trinajstić information content (AvgIpc) is 2.42. The molecule has 0 saturated carbocycles. The van der Waals surface area contributed by atoms with E-state index in [2.05, 4.69) is 59.3 Å². The molecule has 1 unspecified atom stereocenters. The van der Waals surface area contributed by atoms with E-state index in [1.165, 1.54) is 22.8 Å². The SMILES string of the molecule is CC(CCCCC[O])c1ccc2cc(Br)ccc2c1. The van der Waals surface area contributed by atoms with Gasteiger partial charge in [0.2, 0.25) is 0 Å². The summed E-state index contributed by atoms with van der Waals surface area (Å²) in [4.78, 5) is 0. The molecule has 2 heteroatoms. The molecule has 1 nitrogen and oxygen atoms in total. The highest BCUT2D eigenvalue weighted by atomic mass is 79.9. The Bertz CT molecular complexity index is 536. The Morgan fingerprint density at radius 1 is 1.00 bits per heavy atom. The van der Waals surface area contributed by atoms with Crippen LogP contribution in [0, 0.1) is 0 Å². The molecule has 0 aliphatic heterocycles. The Kier molecular flexibility index (Phi) is 5.41. The van der Waals surface area contributed by atoms with Crippen molar-refractivity contribution in [3.8, 4) is 0 Å². The number of unbranched alkanes of at least 4 members (excludes halogenated alkanes) is 2. The zero-order valence-corrected chi connectivity index (χ0v) is 12.9. The maximum absolute atomic E-state index is 10.4. The highest BCUT2D eigenvalue weighted by Gasteiger charge is 2.06. The fourth-order valence-electron chi connectivity index (χ4n) is 2.44. The van der Waals surface area contributed by atoms with Gasteiger partial charge >= 0.3 is 0 Å². The minimum atomic E-state index is 0.0687. The first kappa shape index (κ1) is 14.5. The lowest BCUT2D eigenvalue weighted by Crippen LogP contribution is -1.94. The molecular weight excluding hydrogens is 300 g/mol. The number of halogens is 1. The van der Waals surface area contributed by atoms with Crippen LogP contribution in [0.4, 0.5) is 0 Å². The summed E-state index contributed by atoms with van der Waals surface area (Å²) in [7, 11) is 0. The molecule has 0 amide bonds. The molecule has 0 fully saturated rings. The standard InChI is InChI=1S/C17H20BrO/c1-13(5-3-2-4-10-19)14-6-7-16-12-17(18)9-8-15(16)11-14/h6-9,11-13H,2-5,10H2,1H3. The lowest BCUT2D eigenvalue weighted by Gasteiger charge is -2.12. The van der Waals surface area contributed by atoms with Gasteiger partial charge in [0.15, 0.2) is 0 Å². The second kappa shape index (κ2) is 7.06. The summed E-state index contributed by atoms with van der Waals surface area (Å²) in [5, 5.41) is 13.0. The van der Waals surface area contributed by atoms with Gasteiger partial charge in [0.05, 0.1) is 6.61 Å². The molecule has 0 saturated heterocycles. The van der Waals surface area contributed by atoms with E-state index in [4.69, 9.17) is 0 Å². The van der Waals surface area contributed by atoms with E-state index in [1.54, 1.807) is 0 Å². The lowest BCUT2D eigenvalue weighted by molar-refractivity contribution is 0.185. The van der Waals surface area contributed by atoms with Gasteiger partial charge in [-0.2, -0.15) is 0 Å². The second-order valence-electron chi connectivity index (χ2n) is 5.21. The molecule has 19 heavy (non-hydrogen) atoms. The topological polar surface area (TPSA) is 19.9 Å². The predicted octanol–water partition coefficient (Wildman–Crippen LogP) is 5.70. The van der Waals surface area contributed by atoms with Crippen molar-refractivity contribution in [1.29, 1.82) is 0 Å². The smallest absolute Gasteiger partial charge is 0.0822 e. The average molecular weight is 320 g/mol. The van der Waals surface area contributed by atoms with Crippen molar-refractivity contribution in [3.63, 3.8) is 0 Å². The predicted molar refractivity (Wildman–Crippen MR) is 84.1 cm³/mol. The maximum atomic E-state index is 10.4. The van der Waals surface area contributed by atoms with Crippen molar-refractivity contribution in [2.24, 2.45) is 0 Å². The Labute approximate surface area is 123 Å². The highest BCUT2D eigenvalue weighted by molar-refractivity contribution is 9.10. The van der Waals surface area contributed by atoms with Crippen LogP contribution in [0.2, 0.25) is 0 Å². The number of hydrogen-bond acceptors (Lipinski definition) is 0. The molecule has 101 valence electrons. The molecule has 0 spiro atoms. The first-order chi connectivity index (χ1) is 9.20. The fourth-order valence-corrected chi connectivity index (χ4v) is 2.82. The summed E-state index contributed by atoms with van der Waals surface area (Å²) in [6.45, 7) is 2.34. The number of hydrogen-bond donors (Lipinski definition) is 0. The Morgan fingerprint density at radius 2 is 1.74 bits per heavy atom. The molecule has 2 aromatic rings. The van der Waals surface area contributed by atoms with Crippen molar-refractivity contribution in [1.82, 2.24) is 0 Å². The molecule has 0 N–H and O–H groups in total. The van der Waals surface area contributed by atoms with E-state index in [9.17, 15) is 5.11 Å². The molecule has 1 radical (unpaired) electrons. The van der Waals surface area contributed by atoms with Gasteiger partial charge in [0.1, 0.15) is 0 Å². The third kappa shape index (κ3) is 4.05. The number of rotatable bonds is 6. The molecule has 0 aliphatic carbocycles. The zero-order chi connectivity index (χ0) is 13.7. The van der Waals surface area contributed by atoms with Crippen LogP contribution >= 0.6 is 15.9 Å². The fraction of sp³-hybridized carbons (Fsp3) is 0.412. The van der Waals surface area contributed by atoms with E-state index in [-0.39, 0.29) is 6.61 Å². The largest absolute Gasteiger partial charge is 0.237 e. The van der Waals surface area contributed by atoms with Crippen LogP contribution in [0.1, 0.15) is 44.1 Å². The summed E-state index contributed by atoms with van der Waals surface area (Å²) in [5.41, 5.74) is 1.40. The summed E-state index contributed by atoms with van der Waals surface area (Å²) >= 11 is 3.50.